The van der Waals surface area contributed by atoms with Crippen LogP contribution in [0, 0.1) is 5.92 Å². The fraction of sp³-hybridized carbons (Fsp3) is 0.636. The van der Waals surface area contributed by atoms with E-state index < -0.39 is 0 Å². The molecule has 2 aromatic heterocycles. The molecule has 0 saturated heterocycles. The van der Waals surface area contributed by atoms with Crippen LogP contribution in [-0.2, 0) is 4.74 Å². The van der Waals surface area contributed by atoms with Crippen LogP contribution in [0.15, 0.2) is 24.5 Å². The topological polar surface area (TPSA) is 96.9 Å². The fourth-order valence-electron chi connectivity index (χ4n) is 3.99. The summed E-state index contributed by atoms with van der Waals surface area (Å²) in [7, 11) is 1.75. The molecule has 0 spiro atoms. The normalized spacial score (nSPS) is 22.5. The highest BCUT2D eigenvalue weighted by Crippen LogP contribution is 2.29. The van der Waals surface area contributed by atoms with Crippen LogP contribution in [-0.4, -0.2) is 58.3 Å². The quantitative estimate of drug-likeness (QED) is 0.549. The summed E-state index contributed by atoms with van der Waals surface area (Å²) < 4.78 is 5.22. The molecule has 1 atom stereocenters. The number of ether oxygens (including phenoxy) is 1. The average Bonchev–Trinajstić information content (AvgIpc) is 3.59. The molecule has 2 heterocycles. The third-order valence-corrected chi connectivity index (χ3v) is 5.81. The number of anilines is 2. The first-order valence-electron chi connectivity index (χ1n) is 11.1. The maximum atomic E-state index is 5.22. The molecule has 2 fully saturated rings. The number of rotatable bonds is 10. The van der Waals surface area contributed by atoms with Gasteiger partial charge in [-0.1, -0.05) is 0 Å². The van der Waals surface area contributed by atoms with Gasteiger partial charge < -0.3 is 20.7 Å². The van der Waals surface area contributed by atoms with Gasteiger partial charge in [0.15, 0.2) is 5.82 Å². The van der Waals surface area contributed by atoms with Gasteiger partial charge in [0.1, 0.15) is 11.5 Å². The molecule has 0 amide bonds. The summed E-state index contributed by atoms with van der Waals surface area (Å²) in [5.74, 6) is 2.93. The highest BCUT2D eigenvalue weighted by Gasteiger charge is 2.23. The first-order chi connectivity index (χ1) is 14.7. The Labute approximate surface area is 178 Å². The molecule has 0 unspecified atom stereocenters. The lowest BCUT2D eigenvalue weighted by molar-refractivity contribution is 0.161. The maximum Gasteiger partial charge on any atom is 0.223 e. The van der Waals surface area contributed by atoms with Gasteiger partial charge in [0.05, 0.1) is 6.61 Å². The van der Waals surface area contributed by atoms with E-state index in [1.165, 1.54) is 12.8 Å². The van der Waals surface area contributed by atoms with E-state index in [0.29, 0.717) is 29.9 Å². The molecule has 3 N–H and O–H groups in total. The first kappa shape index (κ1) is 20.9. The highest BCUT2D eigenvalue weighted by atomic mass is 16.5. The Balaban J connectivity index is 1.31. The van der Waals surface area contributed by atoms with E-state index in [2.05, 4.69) is 42.8 Å². The zero-order valence-corrected chi connectivity index (χ0v) is 18.0. The molecular formula is C22H33N7O. The van der Waals surface area contributed by atoms with Crippen LogP contribution in [0.4, 0.5) is 11.8 Å². The Morgan fingerprint density at radius 1 is 1.00 bits per heavy atom. The Morgan fingerprint density at radius 2 is 1.77 bits per heavy atom. The van der Waals surface area contributed by atoms with Crippen molar-refractivity contribution in [2.75, 3.05) is 30.9 Å². The van der Waals surface area contributed by atoms with Gasteiger partial charge >= 0.3 is 0 Å². The smallest absolute Gasteiger partial charge is 0.223 e. The molecule has 0 aliphatic heterocycles. The number of methoxy groups -OCH3 is 1. The summed E-state index contributed by atoms with van der Waals surface area (Å²) in [5.41, 5.74) is 0.742. The third-order valence-electron chi connectivity index (χ3n) is 5.81. The Morgan fingerprint density at radius 3 is 2.53 bits per heavy atom. The monoisotopic (exact) mass is 411 g/mol. The molecule has 2 aromatic rings. The molecule has 162 valence electrons. The van der Waals surface area contributed by atoms with E-state index in [9.17, 15) is 0 Å². The summed E-state index contributed by atoms with van der Waals surface area (Å²) >= 11 is 0. The molecule has 2 saturated carbocycles. The summed E-state index contributed by atoms with van der Waals surface area (Å²) in [5, 5.41) is 10.6. The van der Waals surface area contributed by atoms with Gasteiger partial charge in [0.2, 0.25) is 5.95 Å². The molecular weight excluding hydrogens is 378 g/mol. The van der Waals surface area contributed by atoms with Crippen molar-refractivity contribution in [3.8, 4) is 11.5 Å². The van der Waals surface area contributed by atoms with Crippen molar-refractivity contribution in [3.63, 3.8) is 0 Å². The van der Waals surface area contributed by atoms with Gasteiger partial charge in [0, 0.05) is 44.2 Å². The van der Waals surface area contributed by atoms with Crippen molar-refractivity contribution >= 4 is 11.8 Å². The van der Waals surface area contributed by atoms with Crippen molar-refractivity contribution in [2.24, 2.45) is 5.92 Å². The van der Waals surface area contributed by atoms with E-state index in [0.717, 1.165) is 56.3 Å². The number of aromatic nitrogens is 4. The van der Waals surface area contributed by atoms with Crippen LogP contribution < -0.4 is 16.0 Å². The van der Waals surface area contributed by atoms with Crippen molar-refractivity contribution in [1.82, 2.24) is 25.3 Å². The molecule has 0 bridgehead atoms. The predicted molar refractivity (Wildman–Crippen MR) is 118 cm³/mol. The number of nitrogens with one attached hydrogen (secondary N) is 3. The SMILES string of the molecule is COC[C@@H](C)NC1CCC(Nc2nccc(-c3nccc(NCC4CC4)n3)n2)CC1. The number of hydrogen-bond donors (Lipinski definition) is 3. The molecule has 8 nitrogen and oxygen atoms in total. The van der Waals surface area contributed by atoms with Crippen LogP contribution in [0.25, 0.3) is 11.5 Å². The van der Waals surface area contributed by atoms with E-state index in [-0.39, 0.29) is 0 Å². The van der Waals surface area contributed by atoms with Crippen LogP contribution in [0.3, 0.4) is 0 Å². The first-order valence-corrected chi connectivity index (χ1v) is 11.1. The van der Waals surface area contributed by atoms with Gasteiger partial charge in [-0.2, -0.15) is 0 Å². The fourth-order valence-corrected chi connectivity index (χ4v) is 3.99. The second-order valence-corrected chi connectivity index (χ2v) is 8.57. The van der Waals surface area contributed by atoms with Gasteiger partial charge in [-0.3, -0.25) is 0 Å². The van der Waals surface area contributed by atoms with Gasteiger partial charge in [-0.15, -0.1) is 0 Å². The minimum Gasteiger partial charge on any atom is -0.383 e. The largest absolute Gasteiger partial charge is 0.383 e. The summed E-state index contributed by atoms with van der Waals surface area (Å²) in [6.07, 6.45) is 10.7. The second-order valence-electron chi connectivity index (χ2n) is 8.57. The van der Waals surface area contributed by atoms with Crippen molar-refractivity contribution < 1.29 is 4.74 Å². The van der Waals surface area contributed by atoms with Crippen LogP contribution in [0.2, 0.25) is 0 Å². The molecule has 0 aromatic carbocycles. The zero-order chi connectivity index (χ0) is 20.8. The Bertz CT molecular complexity index is 806. The lowest BCUT2D eigenvalue weighted by Crippen LogP contribution is -2.43. The van der Waals surface area contributed by atoms with Gasteiger partial charge in [0.25, 0.3) is 0 Å². The van der Waals surface area contributed by atoms with Crippen LogP contribution in [0.5, 0.6) is 0 Å². The predicted octanol–water partition coefficient (Wildman–Crippen LogP) is 3.10. The van der Waals surface area contributed by atoms with Crippen molar-refractivity contribution in [3.05, 3.63) is 24.5 Å². The average molecular weight is 412 g/mol. The molecule has 8 heteroatoms. The Kier molecular flexibility index (Phi) is 7.07. The lowest BCUT2D eigenvalue weighted by atomic mass is 9.91. The Hall–Kier alpha value is -2.32. The molecule has 0 radical (unpaired) electrons. The summed E-state index contributed by atoms with van der Waals surface area (Å²) in [6, 6.07) is 5.11. The van der Waals surface area contributed by atoms with E-state index >= 15 is 0 Å². The minimum absolute atomic E-state index is 0.388. The molecule has 2 aliphatic rings. The molecule has 30 heavy (non-hydrogen) atoms. The van der Waals surface area contributed by atoms with Gasteiger partial charge in [-0.25, -0.2) is 19.9 Å². The van der Waals surface area contributed by atoms with Crippen LogP contribution >= 0.6 is 0 Å². The number of hydrogen-bond acceptors (Lipinski definition) is 8. The summed E-state index contributed by atoms with van der Waals surface area (Å²) in [6.45, 7) is 3.90. The van der Waals surface area contributed by atoms with E-state index in [1.807, 2.05) is 12.1 Å². The van der Waals surface area contributed by atoms with Crippen LogP contribution in [0.1, 0.15) is 45.4 Å². The molecule has 2 aliphatic carbocycles. The second kappa shape index (κ2) is 10.1. The zero-order valence-electron chi connectivity index (χ0n) is 18.0. The van der Waals surface area contributed by atoms with Gasteiger partial charge in [-0.05, 0) is 63.5 Å². The van der Waals surface area contributed by atoms with Crippen molar-refractivity contribution in [2.45, 2.75) is 63.6 Å². The van der Waals surface area contributed by atoms with E-state index in [1.54, 1.807) is 19.5 Å². The standard InChI is InChI=1S/C22H33N7O/c1-15(14-30-2)26-17-5-7-18(8-6-17)27-22-24-11-9-19(28-22)21-23-12-10-20(29-21)25-13-16-3-4-16/h9-12,15-18,26H,3-8,13-14H2,1-2H3,(H,23,25,29)(H,24,27,28)/t15-,17?,18?/m1/s1. The highest BCUT2D eigenvalue weighted by molar-refractivity contribution is 5.53. The number of nitrogens with zero attached hydrogens (tertiary/aromatic N) is 4. The lowest BCUT2D eigenvalue weighted by Gasteiger charge is -2.31. The minimum atomic E-state index is 0.388. The maximum absolute atomic E-state index is 5.22. The van der Waals surface area contributed by atoms with Crippen molar-refractivity contribution in [1.29, 1.82) is 0 Å². The molecule has 4 rings (SSSR count). The summed E-state index contributed by atoms with van der Waals surface area (Å²) in [4.78, 5) is 18.1. The third kappa shape index (κ3) is 6.09. The van der Waals surface area contributed by atoms with E-state index in [4.69, 9.17) is 4.74 Å².